The van der Waals surface area contributed by atoms with Crippen LogP contribution in [-0.4, -0.2) is 30.0 Å². The molecule has 1 saturated heterocycles. The second-order valence-corrected chi connectivity index (χ2v) is 8.59. The van der Waals surface area contributed by atoms with Gasteiger partial charge in [-0.3, -0.25) is 4.79 Å². The predicted octanol–water partition coefficient (Wildman–Crippen LogP) is 4.98. The van der Waals surface area contributed by atoms with Gasteiger partial charge in [-0.15, -0.1) is 23.5 Å². The third kappa shape index (κ3) is 4.83. The van der Waals surface area contributed by atoms with Gasteiger partial charge in [-0.2, -0.15) is 0 Å². The molecular weight excluding hydrogens is 366 g/mol. The molecule has 0 spiro atoms. The average molecular weight is 388 g/mol. The van der Waals surface area contributed by atoms with E-state index in [0.29, 0.717) is 28.0 Å². The topological polar surface area (TPSA) is 55.4 Å². The standard InChI is InChI=1S/C20H21NO3S2/c1-2-11-24-19(23)15-7-9-17(10-8-15)21-18(22)14-3-5-16(6-4-14)20-25-12-13-26-20/h3-10,20H,2,11-13H2,1H3,(H,21,22). The summed E-state index contributed by atoms with van der Waals surface area (Å²) in [7, 11) is 0. The number of ether oxygens (including phenoxy) is 1. The van der Waals surface area contributed by atoms with Crippen molar-refractivity contribution in [2.24, 2.45) is 0 Å². The van der Waals surface area contributed by atoms with Crippen molar-refractivity contribution in [2.75, 3.05) is 23.4 Å². The van der Waals surface area contributed by atoms with Gasteiger partial charge < -0.3 is 10.1 Å². The second-order valence-electron chi connectivity index (χ2n) is 5.86. The van der Waals surface area contributed by atoms with Crippen LogP contribution in [0.4, 0.5) is 5.69 Å². The van der Waals surface area contributed by atoms with Gasteiger partial charge in [0.05, 0.1) is 16.8 Å². The molecule has 136 valence electrons. The van der Waals surface area contributed by atoms with Crippen LogP contribution in [0.15, 0.2) is 48.5 Å². The Morgan fingerprint density at radius 3 is 2.23 bits per heavy atom. The summed E-state index contributed by atoms with van der Waals surface area (Å²) < 4.78 is 5.57. The van der Waals surface area contributed by atoms with E-state index in [9.17, 15) is 9.59 Å². The molecule has 0 aliphatic carbocycles. The van der Waals surface area contributed by atoms with Crippen LogP contribution in [0.3, 0.4) is 0 Å². The largest absolute Gasteiger partial charge is 0.462 e. The van der Waals surface area contributed by atoms with E-state index >= 15 is 0 Å². The van der Waals surface area contributed by atoms with Gasteiger partial charge in [-0.25, -0.2) is 4.79 Å². The molecule has 1 heterocycles. The molecule has 2 aromatic rings. The van der Waals surface area contributed by atoms with Gasteiger partial charge in [0.25, 0.3) is 5.91 Å². The lowest BCUT2D eigenvalue weighted by Crippen LogP contribution is -2.12. The van der Waals surface area contributed by atoms with E-state index in [1.807, 2.05) is 54.7 Å². The minimum atomic E-state index is -0.344. The number of carbonyl (C=O) groups excluding carboxylic acids is 2. The molecule has 26 heavy (non-hydrogen) atoms. The second kappa shape index (κ2) is 9.14. The summed E-state index contributed by atoms with van der Waals surface area (Å²) in [4.78, 5) is 24.2. The van der Waals surface area contributed by atoms with Crippen LogP contribution in [-0.2, 0) is 4.74 Å². The van der Waals surface area contributed by atoms with Crippen LogP contribution < -0.4 is 5.32 Å². The van der Waals surface area contributed by atoms with Crippen molar-refractivity contribution < 1.29 is 14.3 Å². The highest BCUT2D eigenvalue weighted by molar-refractivity contribution is 8.19. The van der Waals surface area contributed by atoms with Crippen LogP contribution >= 0.6 is 23.5 Å². The molecule has 0 bridgehead atoms. The molecule has 1 fully saturated rings. The van der Waals surface area contributed by atoms with Crippen molar-refractivity contribution in [3.63, 3.8) is 0 Å². The molecule has 1 amide bonds. The monoisotopic (exact) mass is 387 g/mol. The first-order valence-corrected chi connectivity index (χ1v) is 10.7. The van der Waals surface area contributed by atoms with Gasteiger partial charge in [0.1, 0.15) is 0 Å². The maximum atomic E-state index is 12.4. The number of carbonyl (C=O) groups is 2. The zero-order chi connectivity index (χ0) is 18.4. The molecule has 1 aliphatic rings. The number of hydrogen-bond acceptors (Lipinski definition) is 5. The maximum absolute atomic E-state index is 12.4. The molecule has 0 radical (unpaired) electrons. The zero-order valence-corrected chi connectivity index (χ0v) is 16.2. The van der Waals surface area contributed by atoms with E-state index in [1.165, 1.54) is 17.1 Å². The van der Waals surface area contributed by atoms with E-state index in [4.69, 9.17) is 4.74 Å². The van der Waals surface area contributed by atoms with Gasteiger partial charge in [-0.05, 0) is 48.4 Å². The van der Waals surface area contributed by atoms with E-state index in [0.717, 1.165) is 6.42 Å². The van der Waals surface area contributed by atoms with Crippen LogP contribution in [0, 0.1) is 0 Å². The Bertz CT molecular complexity index is 754. The fourth-order valence-electron chi connectivity index (χ4n) is 2.51. The Morgan fingerprint density at radius 1 is 1.00 bits per heavy atom. The molecule has 1 N–H and O–H groups in total. The van der Waals surface area contributed by atoms with E-state index in [1.54, 1.807) is 24.3 Å². The summed E-state index contributed by atoms with van der Waals surface area (Å²) in [6, 6.07) is 14.5. The molecule has 0 unspecified atom stereocenters. The van der Waals surface area contributed by atoms with Crippen LogP contribution in [0.1, 0.15) is 44.2 Å². The number of anilines is 1. The lowest BCUT2D eigenvalue weighted by atomic mass is 10.1. The predicted molar refractivity (Wildman–Crippen MR) is 109 cm³/mol. The molecule has 0 saturated carbocycles. The number of hydrogen-bond donors (Lipinski definition) is 1. The fourth-order valence-corrected chi connectivity index (χ4v) is 5.37. The molecular formula is C20H21NO3S2. The molecule has 3 rings (SSSR count). The molecule has 1 aliphatic heterocycles. The van der Waals surface area contributed by atoms with E-state index in [-0.39, 0.29) is 11.9 Å². The normalized spacial score (nSPS) is 14.2. The minimum absolute atomic E-state index is 0.162. The third-order valence-electron chi connectivity index (χ3n) is 3.88. The summed E-state index contributed by atoms with van der Waals surface area (Å²) >= 11 is 3.89. The average Bonchev–Trinajstić information content (AvgIpc) is 3.21. The first-order valence-electron chi connectivity index (χ1n) is 8.59. The summed E-state index contributed by atoms with van der Waals surface area (Å²) in [5.41, 5.74) is 3.00. The van der Waals surface area contributed by atoms with Crippen LogP contribution in [0.2, 0.25) is 0 Å². The van der Waals surface area contributed by atoms with Gasteiger partial charge in [0, 0.05) is 22.8 Å². The number of esters is 1. The summed E-state index contributed by atoms with van der Waals surface area (Å²) in [5, 5.41) is 2.86. The van der Waals surface area contributed by atoms with E-state index in [2.05, 4.69) is 5.32 Å². The van der Waals surface area contributed by atoms with Gasteiger partial charge in [-0.1, -0.05) is 19.1 Å². The smallest absolute Gasteiger partial charge is 0.338 e. The molecule has 4 nitrogen and oxygen atoms in total. The first kappa shape index (κ1) is 18.9. The number of thioether (sulfide) groups is 2. The van der Waals surface area contributed by atoms with Crippen LogP contribution in [0.5, 0.6) is 0 Å². The van der Waals surface area contributed by atoms with Gasteiger partial charge >= 0.3 is 5.97 Å². The Balaban J connectivity index is 1.59. The van der Waals surface area contributed by atoms with Gasteiger partial charge in [0.15, 0.2) is 0 Å². The Hall–Kier alpha value is -1.92. The fraction of sp³-hybridized carbons (Fsp3) is 0.300. The highest BCUT2D eigenvalue weighted by Crippen LogP contribution is 2.45. The first-order chi connectivity index (χ1) is 12.7. The lowest BCUT2D eigenvalue weighted by Gasteiger charge is -2.10. The minimum Gasteiger partial charge on any atom is -0.462 e. The molecule has 2 aromatic carbocycles. The third-order valence-corrected chi connectivity index (χ3v) is 6.99. The molecule has 6 heteroatoms. The lowest BCUT2D eigenvalue weighted by molar-refractivity contribution is 0.0505. The highest BCUT2D eigenvalue weighted by atomic mass is 32.2. The van der Waals surface area contributed by atoms with Crippen molar-refractivity contribution in [3.8, 4) is 0 Å². The van der Waals surface area contributed by atoms with E-state index < -0.39 is 0 Å². The Labute approximate surface area is 162 Å². The van der Waals surface area contributed by atoms with Gasteiger partial charge in [0.2, 0.25) is 0 Å². The molecule has 0 atom stereocenters. The highest BCUT2D eigenvalue weighted by Gasteiger charge is 2.18. The maximum Gasteiger partial charge on any atom is 0.338 e. The quantitative estimate of drug-likeness (QED) is 0.708. The van der Waals surface area contributed by atoms with Crippen molar-refractivity contribution in [1.82, 2.24) is 0 Å². The summed E-state index contributed by atoms with van der Waals surface area (Å²) in [5.74, 6) is 1.85. The summed E-state index contributed by atoms with van der Waals surface area (Å²) in [6.45, 7) is 2.36. The van der Waals surface area contributed by atoms with Crippen molar-refractivity contribution in [2.45, 2.75) is 17.9 Å². The van der Waals surface area contributed by atoms with Crippen molar-refractivity contribution in [3.05, 3.63) is 65.2 Å². The Morgan fingerprint density at radius 2 is 1.62 bits per heavy atom. The number of amides is 1. The van der Waals surface area contributed by atoms with Crippen molar-refractivity contribution in [1.29, 1.82) is 0 Å². The van der Waals surface area contributed by atoms with Crippen LogP contribution in [0.25, 0.3) is 0 Å². The number of benzene rings is 2. The number of nitrogens with one attached hydrogen (secondary N) is 1. The summed E-state index contributed by atoms with van der Waals surface area (Å²) in [6.07, 6.45) is 0.788. The Kier molecular flexibility index (Phi) is 6.63. The molecule has 0 aromatic heterocycles. The number of rotatable bonds is 6. The van der Waals surface area contributed by atoms with Crippen molar-refractivity contribution >= 4 is 41.1 Å². The zero-order valence-electron chi connectivity index (χ0n) is 14.6. The SMILES string of the molecule is CCCOC(=O)c1ccc(NC(=O)c2ccc(C3SCCS3)cc2)cc1.